The Kier molecular flexibility index (Phi) is 8.04. The van der Waals surface area contributed by atoms with Gasteiger partial charge in [0.25, 0.3) is 5.91 Å². The molecule has 1 fully saturated rings. The van der Waals surface area contributed by atoms with Crippen LogP contribution in [0.4, 0.5) is 11.4 Å². The average molecular weight is 428 g/mol. The number of piperazine rings is 1. The van der Waals surface area contributed by atoms with Crippen LogP contribution in [0.25, 0.3) is 0 Å². The zero-order chi connectivity index (χ0) is 21.3. The molecule has 0 aromatic heterocycles. The first-order chi connectivity index (χ1) is 14.6. The second-order valence-corrected chi connectivity index (χ2v) is 7.75. The number of nitrogens with one attached hydrogen (secondary N) is 3. The quantitative estimate of drug-likeness (QED) is 0.592. The standard InChI is InChI=1S/C23H30N4O2S/c1-3-18-7-5-6-8-21(18)25-22(28)17-26-13-15-27(16-14-26)23(30)24-19-9-11-20(12-10-19)29-4-2/h5-12H,3-4,13-17H2,1-2H3,(H,24,30)(H,25,28)/p+1. The Morgan fingerprint density at radius 2 is 1.77 bits per heavy atom. The first-order valence-electron chi connectivity index (χ1n) is 10.6. The van der Waals surface area contributed by atoms with Gasteiger partial charge in [0.15, 0.2) is 11.7 Å². The molecule has 6 nitrogen and oxygen atoms in total. The van der Waals surface area contributed by atoms with Crippen LogP contribution in [0, 0.1) is 0 Å². The predicted molar refractivity (Wildman–Crippen MR) is 125 cm³/mol. The number of benzene rings is 2. The first kappa shape index (κ1) is 22.1. The lowest BCUT2D eigenvalue weighted by atomic mass is 10.1. The normalized spacial score (nSPS) is 14.3. The summed E-state index contributed by atoms with van der Waals surface area (Å²) in [6.45, 7) is 8.62. The second-order valence-electron chi connectivity index (χ2n) is 7.36. The van der Waals surface area contributed by atoms with E-state index in [1.54, 1.807) is 0 Å². The van der Waals surface area contributed by atoms with E-state index in [1.807, 2.05) is 49.4 Å². The lowest BCUT2D eigenvalue weighted by Gasteiger charge is -2.33. The number of quaternary nitrogens is 1. The highest BCUT2D eigenvalue weighted by molar-refractivity contribution is 7.80. The maximum atomic E-state index is 12.5. The first-order valence-corrected chi connectivity index (χ1v) is 11.0. The maximum Gasteiger partial charge on any atom is 0.279 e. The molecule has 3 rings (SSSR count). The molecule has 160 valence electrons. The number of hydrogen-bond acceptors (Lipinski definition) is 3. The third-order valence-electron chi connectivity index (χ3n) is 5.26. The van der Waals surface area contributed by atoms with Gasteiger partial charge in [-0.15, -0.1) is 0 Å². The Morgan fingerprint density at radius 3 is 2.43 bits per heavy atom. The zero-order valence-electron chi connectivity index (χ0n) is 17.7. The fraction of sp³-hybridized carbons (Fsp3) is 0.391. The van der Waals surface area contributed by atoms with Crippen LogP contribution in [0.2, 0.25) is 0 Å². The number of ether oxygens (including phenoxy) is 1. The van der Waals surface area contributed by atoms with Gasteiger partial charge in [-0.3, -0.25) is 4.79 Å². The number of para-hydroxylation sites is 1. The average Bonchev–Trinajstić information content (AvgIpc) is 2.76. The largest absolute Gasteiger partial charge is 0.494 e. The van der Waals surface area contributed by atoms with Gasteiger partial charge in [0.1, 0.15) is 5.75 Å². The maximum absolute atomic E-state index is 12.5. The van der Waals surface area contributed by atoms with Crippen LogP contribution in [-0.2, 0) is 11.2 Å². The molecule has 0 atom stereocenters. The summed E-state index contributed by atoms with van der Waals surface area (Å²) in [6, 6.07) is 15.8. The number of hydrogen-bond donors (Lipinski definition) is 3. The molecule has 0 unspecified atom stereocenters. The van der Waals surface area contributed by atoms with Crippen LogP contribution in [0.3, 0.4) is 0 Å². The van der Waals surface area contributed by atoms with E-state index in [2.05, 4.69) is 28.5 Å². The van der Waals surface area contributed by atoms with E-state index in [9.17, 15) is 4.79 Å². The van der Waals surface area contributed by atoms with Crippen LogP contribution >= 0.6 is 12.2 Å². The molecule has 30 heavy (non-hydrogen) atoms. The van der Waals surface area contributed by atoms with E-state index in [0.29, 0.717) is 13.2 Å². The number of anilines is 2. The van der Waals surface area contributed by atoms with Crippen LogP contribution < -0.4 is 20.3 Å². The van der Waals surface area contributed by atoms with Gasteiger partial charge < -0.3 is 25.2 Å². The van der Waals surface area contributed by atoms with Crippen molar-refractivity contribution in [1.82, 2.24) is 4.90 Å². The lowest BCUT2D eigenvalue weighted by Crippen LogP contribution is -3.15. The van der Waals surface area contributed by atoms with Gasteiger partial charge in [-0.1, -0.05) is 25.1 Å². The van der Waals surface area contributed by atoms with E-state index in [1.165, 1.54) is 4.90 Å². The Bertz CT molecular complexity index is 849. The summed E-state index contributed by atoms with van der Waals surface area (Å²) in [5.74, 6) is 0.917. The van der Waals surface area contributed by atoms with E-state index in [0.717, 1.165) is 60.4 Å². The molecule has 0 radical (unpaired) electrons. The summed E-state index contributed by atoms with van der Waals surface area (Å²) in [5.41, 5.74) is 3.03. The SMILES string of the molecule is CCOc1ccc(NC(=S)N2CC[NH+](CC(=O)Nc3ccccc3CC)CC2)cc1. The fourth-order valence-corrected chi connectivity index (χ4v) is 3.88. The van der Waals surface area contributed by atoms with Crippen molar-refractivity contribution >= 4 is 34.6 Å². The molecule has 0 saturated carbocycles. The summed E-state index contributed by atoms with van der Waals surface area (Å²) in [4.78, 5) is 15.9. The Hall–Kier alpha value is -2.64. The van der Waals surface area contributed by atoms with E-state index in [4.69, 9.17) is 17.0 Å². The van der Waals surface area contributed by atoms with Crippen molar-refractivity contribution in [1.29, 1.82) is 0 Å². The van der Waals surface area contributed by atoms with Crippen molar-refractivity contribution in [2.24, 2.45) is 0 Å². The van der Waals surface area contributed by atoms with Crippen molar-refractivity contribution in [2.45, 2.75) is 20.3 Å². The van der Waals surface area contributed by atoms with Gasteiger partial charge in [-0.25, -0.2) is 0 Å². The minimum atomic E-state index is 0.0643. The molecule has 1 heterocycles. The molecule has 1 aliphatic heterocycles. The number of thiocarbonyl (C=S) groups is 1. The van der Waals surface area contributed by atoms with Gasteiger partial charge in [-0.05, 0) is 61.5 Å². The Balaban J connectivity index is 1.43. The van der Waals surface area contributed by atoms with Crippen LogP contribution in [-0.4, -0.2) is 55.3 Å². The molecule has 2 aromatic rings. The molecule has 1 amide bonds. The van der Waals surface area contributed by atoms with Crippen molar-refractivity contribution in [3.63, 3.8) is 0 Å². The summed E-state index contributed by atoms with van der Waals surface area (Å²) in [7, 11) is 0. The zero-order valence-corrected chi connectivity index (χ0v) is 18.6. The van der Waals surface area contributed by atoms with Crippen LogP contribution in [0.15, 0.2) is 48.5 Å². The molecule has 1 aliphatic rings. The number of amides is 1. The Labute approximate surface area is 184 Å². The van der Waals surface area contributed by atoms with Crippen molar-refractivity contribution in [3.05, 3.63) is 54.1 Å². The minimum Gasteiger partial charge on any atom is -0.494 e. The molecule has 3 N–H and O–H groups in total. The lowest BCUT2D eigenvalue weighted by molar-refractivity contribution is -0.895. The summed E-state index contributed by atoms with van der Waals surface area (Å²) in [6.07, 6.45) is 0.904. The van der Waals surface area contributed by atoms with Crippen LogP contribution in [0.5, 0.6) is 5.75 Å². The van der Waals surface area contributed by atoms with Gasteiger partial charge in [-0.2, -0.15) is 0 Å². The molecule has 0 bridgehead atoms. The molecular weight excluding hydrogens is 396 g/mol. The summed E-state index contributed by atoms with van der Waals surface area (Å²) in [5, 5.41) is 7.08. The monoisotopic (exact) mass is 427 g/mol. The van der Waals surface area contributed by atoms with Crippen molar-refractivity contribution < 1.29 is 14.4 Å². The summed E-state index contributed by atoms with van der Waals surface area (Å²) < 4.78 is 5.47. The van der Waals surface area contributed by atoms with Crippen LogP contribution in [0.1, 0.15) is 19.4 Å². The second kappa shape index (κ2) is 10.9. The molecule has 7 heteroatoms. The smallest absolute Gasteiger partial charge is 0.279 e. The molecule has 1 saturated heterocycles. The number of carbonyl (C=O) groups is 1. The van der Waals surface area contributed by atoms with Gasteiger partial charge >= 0.3 is 0 Å². The predicted octanol–water partition coefficient (Wildman–Crippen LogP) is 2.18. The highest BCUT2D eigenvalue weighted by Gasteiger charge is 2.24. The number of nitrogens with zero attached hydrogens (tertiary/aromatic N) is 1. The van der Waals surface area contributed by atoms with Gasteiger partial charge in [0.2, 0.25) is 0 Å². The Morgan fingerprint density at radius 1 is 1.07 bits per heavy atom. The van der Waals surface area contributed by atoms with Gasteiger partial charge in [0, 0.05) is 11.4 Å². The molecular formula is C23H31N4O2S+. The minimum absolute atomic E-state index is 0.0643. The molecule has 0 aliphatic carbocycles. The number of aryl methyl sites for hydroxylation is 1. The van der Waals surface area contributed by atoms with E-state index in [-0.39, 0.29) is 5.91 Å². The van der Waals surface area contributed by atoms with Gasteiger partial charge in [0.05, 0.1) is 32.8 Å². The molecule has 2 aromatic carbocycles. The van der Waals surface area contributed by atoms with Crippen molar-refractivity contribution in [3.8, 4) is 5.75 Å². The highest BCUT2D eigenvalue weighted by Crippen LogP contribution is 2.16. The third kappa shape index (κ3) is 6.18. The number of carbonyl (C=O) groups excluding carboxylic acids is 1. The summed E-state index contributed by atoms with van der Waals surface area (Å²) >= 11 is 5.58. The van der Waals surface area contributed by atoms with Crippen molar-refractivity contribution in [2.75, 3.05) is 50.0 Å². The fourth-order valence-electron chi connectivity index (χ4n) is 3.58. The third-order valence-corrected chi connectivity index (χ3v) is 5.62. The van der Waals surface area contributed by atoms with E-state index < -0.39 is 0 Å². The topological polar surface area (TPSA) is 58.0 Å². The number of rotatable bonds is 7. The highest BCUT2D eigenvalue weighted by atomic mass is 32.1. The molecule has 0 spiro atoms. The van der Waals surface area contributed by atoms with E-state index >= 15 is 0 Å².